The number of halogens is 3. The van der Waals surface area contributed by atoms with E-state index in [1.165, 1.54) is 22.7 Å². The highest BCUT2D eigenvalue weighted by molar-refractivity contribution is 8.93. The van der Waals surface area contributed by atoms with Gasteiger partial charge in [0.05, 0.1) is 5.69 Å². The Morgan fingerprint density at radius 1 is 1.19 bits per heavy atom. The van der Waals surface area contributed by atoms with E-state index in [-0.39, 0.29) is 39.8 Å². The minimum absolute atomic E-state index is 0. The summed E-state index contributed by atoms with van der Waals surface area (Å²) in [4.78, 5) is 7.04. The monoisotopic (exact) mass is 433 g/mol. The van der Waals surface area contributed by atoms with E-state index in [9.17, 15) is 4.39 Å². The van der Waals surface area contributed by atoms with Crippen LogP contribution in [0.15, 0.2) is 30.5 Å². The van der Waals surface area contributed by atoms with Crippen molar-refractivity contribution in [2.75, 3.05) is 6.54 Å². The maximum absolute atomic E-state index is 12.9. The van der Waals surface area contributed by atoms with Crippen molar-refractivity contribution < 1.29 is 4.39 Å². The van der Waals surface area contributed by atoms with E-state index in [1.807, 2.05) is 0 Å². The van der Waals surface area contributed by atoms with Gasteiger partial charge >= 0.3 is 0 Å². The van der Waals surface area contributed by atoms with Gasteiger partial charge in [0, 0.05) is 41.8 Å². The third kappa shape index (κ3) is 2.92. The average molecular weight is 435 g/mol. The number of rotatable bonds is 1. The van der Waals surface area contributed by atoms with Crippen LogP contribution in [0.3, 0.4) is 0 Å². The largest absolute Gasteiger partial charge is 0.311 e. The van der Waals surface area contributed by atoms with Crippen molar-refractivity contribution in [3.05, 3.63) is 46.9 Å². The Kier molecular flexibility index (Phi) is 5.19. The number of aromatic nitrogens is 2. The lowest BCUT2D eigenvalue weighted by molar-refractivity contribution is 0.628. The molecule has 0 saturated heterocycles. The Morgan fingerprint density at radius 3 is 2.71 bits per heavy atom. The van der Waals surface area contributed by atoms with Gasteiger partial charge in [0.15, 0.2) is 4.96 Å². The van der Waals surface area contributed by atoms with Crippen molar-refractivity contribution in [1.82, 2.24) is 14.7 Å². The van der Waals surface area contributed by atoms with E-state index in [0.29, 0.717) is 0 Å². The Morgan fingerprint density at radius 2 is 1.95 bits per heavy atom. The van der Waals surface area contributed by atoms with Crippen LogP contribution in [0.1, 0.15) is 10.6 Å². The fraction of sp³-hybridized carbons (Fsp3) is 0.214. The molecule has 3 nitrogen and oxygen atoms in total. The van der Waals surface area contributed by atoms with E-state index in [4.69, 9.17) is 0 Å². The lowest BCUT2D eigenvalue weighted by Gasteiger charge is -2.11. The zero-order valence-corrected chi connectivity index (χ0v) is 15.2. The van der Waals surface area contributed by atoms with Crippen LogP contribution in [-0.4, -0.2) is 15.9 Å². The molecule has 0 unspecified atom stereocenters. The van der Waals surface area contributed by atoms with E-state index < -0.39 is 0 Å². The second-order valence-corrected chi connectivity index (χ2v) is 5.75. The molecule has 1 N–H and O–H groups in total. The molecule has 3 aromatic rings. The molecule has 2 aromatic heterocycles. The molecule has 0 amide bonds. The van der Waals surface area contributed by atoms with Crippen LogP contribution < -0.4 is 5.32 Å². The molecule has 0 fully saturated rings. The maximum Gasteiger partial charge on any atom is 0.194 e. The molecule has 1 aromatic carbocycles. The van der Waals surface area contributed by atoms with Crippen LogP contribution in [0.5, 0.6) is 0 Å². The SMILES string of the molecule is Br.Br.Fc1ccc(-c2cn3c4c(sc3n2)CNCC4)cc1. The summed E-state index contributed by atoms with van der Waals surface area (Å²) in [5, 5.41) is 3.37. The standard InChI is InChI=1S/C14H12FN3S.2BrH/c15-10-3-1-9(2-4-10)11-8-18-12-5-6-16-7-13(12)19-14(18)17-11;;/h1-4,8,16H,5-7H2;2*1H. The molecule has 0 spiro atoms. The highest BCUT2D eigenvalue weighted by Gasteiger charge is 2.17. The van der Waals surface area contributed by atoms with Gasteiger partial charge in [0.2, 0.25) is 0 Å². The number of hydrogen-bond donors (Lipinski definition) is 1. The summed E-state index contributed by atoms with van der Waals surface area (Å²) in [6.45, 7) is 1.96. The number of thiazole rings is 1. The van der Waals surface area contributed by atoms with Gasteiger partial charge in [-0.2, -0.15) is 0 Å². The highest BCUT2D eigenvalue weighted by atomic mass is 79.9. The third-order valence-electron chi connectivity index (χ3n) is 3.46. The predicted molar refractivity (Wildman–Crippen MR) is 94.5 cm³/mol. The molecule has 0 aliphatic carbocycles. The van der Waals surface area contributed by atoms with Crippen LogP contribution in [0.4, 0.5) is 4.39 Å². The average Bonchev–Trinajstić information content (AvgIpc) is 2.97. The van der Waals surface area contributed by atoms with E-state index >= 15 is 0 Å². The van der Waals surface area contributed by atoms with Gasteiger partial charge in [-0.3, -0.25) is 4.40 Å². The lowest BCUT2D eigenvalue weighted by Crippen LogP contribution is -2.23. The molecule has 112 valence electrons. The quantitative estimate of drug-likeness (QED) is 0.627. The van der Waals surface area contributed by atoms with Gasteiger partial charge in [-0.1, -0.05) is 11.3 Å². The van der Waals surface area contributed by atoms with E-state index in [0.717, 1.165) is 35.7 Å². The Hall–Kier alpha value is -0.760. The summed E-state index contributed by atoms with van der Waals surface area (Å²) in [5.41, 5.74) is 3.23. The molecule has 1 aliphatic heterocycles. The first-order valence-electron chi connectivity index (χ1n) is 6.27. The van der Waals surface area contributed by atoms with Crippen molar-refractivity contribution in [3.8, 4) is 11.3 Å². The van der Waals surface area contributed by atoms with Crippen molar-refractivity contribution in [3.63, 3.8) is 0 Å². The molecule has 0 saturated carbocycles. The molecule has 0 bridgehead atoms. The van der Waals surface area contributed by atoms with Crippen molar-refractivity contribution in [2.24, 2.45) is 0 Å². The molecular weight excluding hydrogens is 421 g/mol. The normalized spacial score (nSPS) is 13.4. The molecule has 21 heavy (non-hydrogen) atoms. The molecule has 7 heteroatoms. The van der Waals surface area contributed by atoms with Gasteiger partial charge in [0.1, 0.15) is 5.82 Å². The molecular formula is C14H14Br2FN3S. The fourth-order valence-corrected chi connectivity index (χ4v) is 3.62. The second-order valence-electron chi connectivity index (χ2n) is 4.68. The Labute approximate surface area is 146 Å². The molecule has 1 aliphatic rings. The number of fused-ring (bicyclic) bond motifs is 3. The van der Waals surface area contributed by atoms with Crippen LogP contribution >= 0.6 is 45.3 Å². The Balaban J connectivity index is 0.000000807. The van der Waals surface area contributed by atoms with Crippen molar-refractivity contribution in [2.45, 2.75) is 13.0 Å². The lowest BCUT2D eigenvalue weighted by atomic mass is 10.2. The highest BCUT2D eigenvalue weighted by Crippen LogP contribution is 2.29. The molecule has 3 heterocycles. The smallest absolute Gasteiger partial charge is 0.194 e. The summed E-state index contributed by atoms with van der Waals surface area (Å²) in [7, 11) is 0. The third-order valence-corrected chi connectivity index (χ3v) is 4.56. The van der Waals surface area contributed by atoms with Gasteiger partial charge in [-0.05, 0) is 24.3 Å². The molecule has 0 atom stereocenters. The first kappa shape index (κ1) is 16.6. The number of nitrogens with zero attached hydrogens (tertiary/aromatic N) is 2. The topological polar surface area (TPSA) is 29.3 Å². The van der Waals surface area contributed by atoms with Crippen LogP contribution in [0.2, 0.25) is 0 Å². The number of benzene rings is 1. The summed E-state index contributed by atoms with van der Waals surface area (Å²) >= 11 is 1.73. The number of hydrogen-bond acceptors (Lipinski definition) is 3. The second kappa shape index (κ2) is 6.56. The van der Waals surface area contributed by atoms with Gasteiger partial charge < -0.3 is 5.32 Å². The maximum atomic E-state index is 12.9. The van der Waals surface area contributed by atoms with Gasteiger partial charge in [-0.25, -0.2) is 9.37 Å². The van der Waals surface area contributed by atoms with E-state index in [1.54, 1.807) is 23.5 Å². The minimum atomic E-state index is -0.215. The van der Waals surface area contributed by atoms with Gasteiger partial charge in [0.25, 0.3) is 0 Å². The van der Waals surface area contributed by atoms with Crippen molar-refractivity contribution in [1.29, 1.82) is 0 Å². The fourth-order valence-electron chi connectivity index (χ4n) is 2.50. The van der Waals surface area contributed by atoms with Crippen LogP contribution in [0.25, 0.3) is 16.2 Å². The predicted octanol–water partition coefficient (Wildman–Crippen LogP) is 4.00. The van der Waals surface area contributed by atoms with Gasteiger partial charge in [-0.15, -0.1) is 34.0 Å². The van der Waals surface area contributed by atoms with E-state index in [2.05, 4.69) is 20.9 Å². The molecule has 4 rings (SSSR count). The molecule has 0 radical (unpaired) electrons. The zero-order chi connectivity index (χ0) is 12.8. The Bertz CT molecular complexity index is 752. The summed E-state index contributed by atoms with van der Waals surface area (Å²) in [6, 6.07) is 6.50. The first-order valence-corrected chi connectivity index (χ1v) is 7.09. The zero-order valence-electron chi connectivity index (χ0n) is 11.0. The van der Waals surface area contributed by atoms with Crippen LogP contribution in [0, 0.1) is 5.82 Å². The first-order chi connectivity index (χ1) is 9.31. The minimum Gasteiger partial charge on any atom is -0.311 e. The number of nitrogens with one attached hydrogen (secondary N) is 1. The number of imidazole rings is 1. The summed E-state index contributed by atoms with van der Waals surface area (Å²) in [6.07, 6.45) is 3.10. The summed E-state index contributed by atoms with van der Waals surface area (Å²) < 4.78 is 15.1. The summed E-state index contributed by atoms with van der Waals surface area (Å²) in [5.74, 6) is -0.215. The van der Waals surface area contributed by atoms with Crippen LogP contribution in [-0.2, 0) is 13.0 Å². The van der Waals surface area contributed by atoms with Crippen molar-refractivity contribution >= 4 is 50.3 Å².